The zero-order chi connectivity index (χ0) is 20.4. The first-order valence-electron chi connectivity index (χ1n) is 8.77. The molecule has 2 aromatic heterocycles. The highest BCUT2D eigenvalue weighted by molar-refractivity contribution is 6.30. The van der Waals surface area contributed by atoms with Crippen molar-refractivity contribution < 1.29 is 13.9 Å². The van der Waals surface area contributed by atoms with Crippen molar-refractivity contribution in [3.63, 3.8) is 0 Å². The number of carbonyl (C=O) groups excluding carboxylic acids is 1. The van der Waals surface area contributed by atoms with Gasteiger partial charge in [-0.05, 0) is 25.1 Å². The smallest absolute Gasteiger partial charge is 0.278 e. The molecule has 148 valence electrons. The monoisotopic (exact) mass is 414 g/mol. The van der Waals surface area contributed by atoms with Crippen LogP contribution in [0.2, 0.25) is 5.02 Å². The van der Waals surface area contributed by atoms with Crippen LogP contribution < -0.4 is 15.0 Å². The number of aromatic nitrogens is 4. The van der Waals surface area contributed by atoms with Gasteiger partial charge in [-0.3, -0.25) is 4.79 Å². The van der Waals surface area contributed by atoms with Crippen molar-refractivity contribution in [1.29, 1.82) is 0 Å². The van der Waals surface area contributed by atoms with Crippen LogP contribution in [0, 0.1) is 12.7 Å². The van der Waals surface area contributed by atoms with Crippen molar-refractivity contribution >= 4 is 29.0 Å². The van der Waals surface area contributed by atoms with Crippen LogP contribution in [0.25, 0.3) is 0 Å². The van der Waals surface area contributed by atoms with E-state index in [0.29, 0.717) is 36.0 Å². The lowest BCUT2D eigenvalue weighted by atomic mass is 10.1. The summed E-state index contributed by atoms with van der Waals surface area (Å²) in [7, 11) is 0. The van der Waals surface area contributed by atoms with E-state index in [-0.39, 0.29) is 16.8 Å². The fraction of sp³-hybridized carbons (Fsp3) is 0.211. The zero-order valence-corrected chi connectivity index (χ0v) is 16.1. The fourth-order valence-corrected chi connectivity index (χ4v) is 3.14. The standard InChI is InChI=1S/C19H16ClFN6O2/c1-11-4-14(8-24-26-11)25-19(28)17-18(23-3-2-22-17)27-9-16(10-27)29-15-6-12(20)5-13(21)7-15/h2-8,16H,9-10H2,1H3,(H,25,26,28). The van der Waals surface area contributed by atoms with Gasteiger partial charge in [-0.15, -0.1) is 0 Å². The Bertz CT molecular complexity index is 1040. The maximum absolute atomic E-state index is 13.4. The summed E-state index contributed by atoms with van der Waals surface area (Å²) in [5.74, 6) is -0.0580. The topological polar surface area (TPSA) is 93.1 Å². The molecule has 0 unspecified atom stereocenters. The van der Waals surface area contributed by atoms with Crippen LogP contribution in [0.1, 0.15) is 16.2 Å². The van der Waals surface area contributed by atoms with Gasteiger partial charge in [0, 0.05) is 23.5 Å². The second-order valence-corrected chi connectivity index (χ2v) is 6.95. The Labute approximate surface area is 170 Å². The molecule has 1 aliphatic rings. The number of hydrogen-bond acceptors (Lipinski definition) is 7. The average Bonchev–Trinajstić information content (AvgIpc) is 2.63. The number of ether oxygens (including phenoxy) is 1. The Balaban J connectivity index is 1.43. The predicted molar refractivity (Wildman–Crippen MR) is 105 cm³/mol. The average molecular weight is 415 g/mol. The zero-order valence-electron chi connectivity index (χ0n) is 15.3. The van der Waals surface area contributed by atoms with Gasteiger partial charge in [0.05, 0.1) is 30.7 Å². The minimum Gasteiger partial charge on any atom is -0.487 e. The van der Waals surface area contributed by atoms with Gasteiger partial charge in [-0.25, -0.2) is 14.4 Å². The van der Waals surface area contributed by atoms with E-state index < -0.39 is 11.7 Å². The number of carbonyl (C=O) groups is 1. The molecule has 29 heavy (non-hydrogen) atoms. The number of anilines is 2. The van der Waals surface area contributed by atoms with Gasteiger partial charge >= 0.3 is 0 Å². The molecule has 1 saturated heterocycles. The Morgan fingerprint density at radius 3 is 2.79 bits per heavy atom. The summed E-state index contributed by atoms with van der Waals surface area (Å²) in [5.41, 5.74) is 1.39. The molecule has 0 aliphatic carbocycles. The minimum atomic E-state index is -0.461. The van der Waals surface area contributed by atoms with Crippen molar-refractivity contribution in [3.8, 4) is 5.75 Å². The van der Waals surface area contributed by atoms with Gasteiger partial charge in [0.2, 0.25) is 0 Å². The highest BCUT2D eigenvalue weighted by Gasteiger charge is 2.33. The molecule has 1 amide bonds. The van der Waals surface area contributed by atoms with Crippen molar-refractivity contribution in [2.24, 2.45) is 0 Å². The fourth-order valence-electron chi connectivity index (χ4n) is 2.93. The summed E-state index contributed by atoms with van der Waals surface area (Å²) in [6.07, 6.45) is 4.25. The van der Waals surface area contributed by atoms with Gasteiger partial charge in [0.25, 0.3) is 5.91 Å². The summed E-state index contributed by atoms with van der Waals surface area (Å²) in [5, 5.41) is 10.7. The van der Waals surface area contributed by atoms with Gasteiger partial charge in [0.15, 0.2) is 11.5 Å². The first kappa shape index (κ1) is 19.0. The molecule has 1 aliphatic heterocycles. The number of benzene rings is 1. The third-order valence-corrected chi connectivity index (χ3v) is 4.43. The normalized spacial score (nSPS) is 13.7. The Morgan fingerprint density at radius 2 is 2.03 bits per heavy atom. The maximum Gasteiger partial charge on any atom is 0.278 e. The maximum atomic E-state index is 13.4. The minimum absolute atomic E-state index is 0.183. The molecule has 3 aromatic rings. The summed E-state index contributed by atoms with van der Waals surface area (Å²) < 4.78 is 19.2. The molecule has 8 nitrogen and oxygen atoms in total. The summed E-state index contributed by atoms with van der Waals surface area (Å²) in [6.45, 7) is 2.73. The molecular formula is C19H16ClFN6O2. The lowest BCUT2D eigenvalue weighted by molar-refractivity contribution is 0.102. The van der Waals surface area contributed by atoms with Crippen LogP contribution >= 0.6 is 11.6 Å². The number of rotatable bonds is 5. The highest BCUT2D eigenvalue weighted by Crippen LogP contribution is 2.27. The SMILES string of the molecule is Cc1cc(NC(=O)c2nccnc2N2CC(Oc3cc(F)cc(Cl)c3)C2)cnn1. The Kier molecular flexibility index (Phi) is 5.22. The van der Waals surface area contributed by atoms with E-state index >= 15 is 0 Å². The predicted octanol–water partition coefficient (Wildman–Crippen LogP) is 2.89. The molecule has 0 bridgehead atoms. The van der Waals surface area contributed by atoms with E-state index in [1.807, 2.05) is 4.90 Å². The van der Waals surface area contributed by atoms with Gasteiger partial charge in [-0.1, -0.05) is 11.6 Å². The lowest BCUT2D eigenvalue weighted by Gasteiger charge is -2.40. The largest absolute Gasteiger partial charge is 0.487 e. The number of aryl methyl sites for hydroxylation is 1. The number of amides is 1. The number of hydrogen-bond donors (Lipinski definition) is 1. The van der Waals surface area contributed by atoms with E-state index in [9.17, 15) is 9.18 Å². The van der Waals surface area contributed by atoms with E-state index in [4.69, 9.17) is 16.3 Å². The molecule has 1 aromatic carbocycles. The van der Waals surface area contributed by atoms with Crippen LogP contribution in [0.15, 0.2) is 42.9 Å². The molecule has 0 saturated carbocycles. The molecule has 4 rings (SSSR count). The van der Waals surface area contributed by atoms with Crippen LogP contribution in [-0.2, 0) is 0 Å². The second-order valence-electron chi connectivity index (χ2n) is 6.52. The summed E-state index contributed by atoms with van der Waals surface area (Å²) >= 11 is 5.85. The number of halogens is 2. The van der Waals surface area contributed by atoms with Crippen molar-refractivity contribution in [3.05, 3.63) is 65.1 Å². The summed E-state index contributed by atoms with van der Waals surface area (Å²) in [6, 6.07) is 5.75. The van der Waals surface area contributed by atoms with Gasteiger partial charge in [-0.2, -0.15) is 10.2 Å². The lowest BCUT2D eigenvalue weighted by Crippen LogP contribution is -2.54. The van der Waals surface area contributed by atoms with E-state index in [1.165, 1.54) is 30.7 Å². The first-order valence-corrected chi connectivity index (χ1v) is 9.15. The molecule has 0 radical (unpaired) electrons. The van der Waals surface area contributed by atoms with Crippen molar-refractivity contribution in [1.82, 2.24) is 20.2 Å². The van der Waals surface area contributed by atoms with E-state index in [2.05, 4.69) is 25.5 Å². The Hall–Kier alpha value is -3.33. The molecule has 1 fully saturated rings. The molecular weight excluding hydrogens is 399 g/mol. The molecule has 0 spiro atoms. The Morgan fingerprint density at radius 1 is 1.24 bits per heavy atom. The van der Waals surface area contributed by atoms with Crippen LogP contribution in [0.3, 0.4) is 0 Å². The third kappa shape index (κ3) is 4.40. The van der Waals surface area contributed by atoms with Gasteiger partial charge < -0.3 is 15.0 Å². The van der Waals surface area contributed by atoms with E-state index in [1.54, 1.807) is 19.1 Å². The number of nitrogens with one attached hydrogen (secondary N) is 1. The van der Waals surface area contributed by atoms with Crippen molar-refractivity contribution in [2.45, 2.75) is 13.0 Å². The van der Waals surface area contributed by atoms with Crippen LogP contribution in [0.5, 0.6) is 5.75 Å². The van der Waals surface area contributed by atoms with Crippen molar-refractivity contribution in [2.75, 3.05) is 23.3 Å². The first-order chi connectivity index (χ1) is 14.0. The van der Waals surface area contributed by atoms with Crippen LogP contribution in [-0.4, -0.2) is 45.3 Å². The molecule has 0 atom stereocenters. The quantitative estimate of drug-likeness (QED) is 0.686. The molecule has 10 heteroatoms. The molecule has 3 heterocycles. The second kappa shape index (κ2) is 7.96. The summed E-state index contributed by atoms with van der Waals surface area (Å²) in [4.78, 5) is 23.0. The highest BCUT2D eigenvalue weighted by atomic mass is 35.5. The third-order valence-electron chi connectivity index (χ3n) is 4.21. The van der Waals surface area contributed by atoms with Crippen LogP contribution in [0.4, 0.5) is 15.9 Å². The molecule has 1 N–H and O–H groups in total. The number of nitrogens with zero attached hydrogens (tertiary/aromatic N) is 5. The van der Waals surface area contributed by atoms with Gasteiger partial charge in [0.1, 0.15) is 17.7 Å². The van der Waals surface area contributed by atoms with E-state index in [0.717, 1.165) is 0 Å².